The van der Waals surface area contributed by atoms with E-state index in [-0.39, 0.29) is 5.69 Å². The summed E-state index contributed by atoms with van der Waals surface area (Å²) in [6.45, 7) is 0.641. The average molecular weight is 221 g/mol. The first-order chi connectivity index (χ1) is 7.56. The molecule has 0 aliphatic heterocycles. The maximum atomic E-state index is 10.9. The lowest BCUT2D eigenvalue weighted by Crippen LogP contribution is -2.15. The van der Waals surface area contributed by atoms with Crippen LogP contribution in [0.5, 0.6) is 0 Å². The van der Waals surface area contributed by atoms with E-state index in [2.05, 4.69) is 9.97 Å². The summed E-state index contributed by atoms with van der Waals surface area (Å²) in [4.78, 5) is 21.4. The number of aromatic carboxylic acids is 1. The first-order valence-corrected chi connectivity index (χ1v) is 5.32. The second-order valence-corrected chi connectivity index (χ2v) is 4.42. The zero-order valence-corrected chi connectivity index (χ0v) is 9.47. The summed E-state index contributed by atoms with van der Waals surface area (Å²) in [7, 11) is 3.86. The fraction of sp³-hybridized carbons (Fsp3) is 0.545. The van der Waals surface area contributed by atoms with Crippen LogP contribution in [0.2, 0.25) is 0 Å². The van der Waals surface area contributed by atoms with Gasteiger partial charge in [-0.2, -0.15) is 0 Å². The van der Waals surface area contributed by atoms with Gasteiger partial charge in [0.2, 0.25) is 0 Å². The number of nitrogens with zero attached hydrogens (tertiary/aromatic N) is 3. The van der Waals surface area contributed by atoms with Crippen LogP contribution in [-0.4, -0.2) is 40.0 Å². The van der Waals surface area contributed by atoms with Crippen LogP contribution in [0.1, 0.15) is 40.8 Å². The van der Waals surface area contributed by atoms with Crippen molar-refractivity contribution in [2.75, 3.05) is 14.1 Å². The number of carboxylic acids is 1. The van der Waals surface area contributed by atoms with Gasteiger partial charge in [-0.1, -0.05) is 0 Å². The van der Waals surface area contributed by atoms with Crippen LogP contribution in [-0.2, 0) is 6.54 Å². The molecule has 0 amide bonds. The lowest BCUT2D eigenvalue weighted by atomic mass is 10.2. The Bertz CT molecular complexity index is 414. The molecule has 0 bridgehead atoms. The van der Waals surface area contributed by atoms with Crippen LogP contribution < -0.4 is 0 Å². The van der Waals surface area contributed by atoms with Crippen molar-refractivity contribution in [2.24, 2.45) is 0 Å². The number of rotatable bonds is 4. The maximum Gasteiger partial charge on any atom is 0.354 e. The van der Waals surface area contributed by atoms with E-state index in [9.17, 15) is 4.79 Å². The fourth-order valence-corrected chi connectivity index (χ4v) is 1.56. The third kappa shape index (κ3) is 2.55. The van der Waals surface area contributed by atoms with Crippen LogP contribution in [0.3, 0.4) is 0 Å². The molecule has 0 spiro atoms. The number of carbonyl (C=O) groups is 1. The van der Waals surface area contributed by atoms with E-state index in [0.717, 1.165) is 18.5 Å². The minimum absolute atomic E-state index is 0.105. The van der Waals surface area contributed by atoms with Gasteiger partial charge < -0.3 is 10.0 Å². The van der Waals surface area contributed by atoms with Crippen LogP contribution in [0.15, 0.2) is 6.07 Å². The molecule has 1 saturated carbocycles. The van der Waals surface area contributed by atoms with Gasteiger partial charge in [0.1, 0.15) is 5.82 Å². The van der Waals surface area contributed by atoms with E-state index in [4.69, 9.17) is 5.11 Å². The Hall–Kier alpha value is -1.49. The van der Waals surface area contributed by atoms with Crippen molar-refractivity contribution in [1.82, 2.24) is 14.9 Å². The SMILES string of the molecule is CN(C)Cc1cc(C(=O)O)nc(C2CC2)n1. The van der Waals surface area contributed by atoms with Crippen molar-refractivity contribution in [3.05, 3.63) is 23.3 Å². The van der Waals surface area contributed by atoms with Crippen molar-refractivity contribution >= 4 is 5.97 Å². The van der Waals surface area contributed by atoms with Gasteiger partial charge >= 0.3 is 5.97 Å². The quantitative estimate of drug-likeness (QED) is 0.825. The van der Waals surface area contributed by atoms with Gasteiger partial charge in [0, 0.05) is 12.5 Å². The molecule has 2 rings (SSSR count). The number of aromatic nitrogens is 2. The molecule has 0 aromatic carbocycles. The minimum Gasteiger partial charge on any atom is -0.477 e. The summed E-state index contributed by atoms with van der Waals surface area (Å²) in [5.41, 5.74) is 0.882. The molecule has 0 atom stereocenters. The summed E-state index contributed by atoms with van der Waals surface area (Å²) in [5.74, 6) is 0.0845. The molecular weight excluding hydrogens is 206 g/mol. The monoisotopic (exact) mass is 221 g/mol. The second kappa shape index (κ2) is 4.17. The number of hydrogen-bond donors (Lipinski definition) is 1. The van der Waals surface area contributed by atoms with Crippen LogP contribution in [0.4, 0.5) is 0 Å². The van der Waals surface area contributed by atoms with Crippen molar-refractivity contribution in [3.8, 4) is 0 Å². The molecule has 5 heteroatoms. The Labute approximate surface area is 94.1 Å². The van der Waals surface area contributed by atoms with Crippen molar-refractivity contribution in [1.29, 1.82) is 0 Å². The summed E-state index contributed by atoms with van der Waals surface area (Å²) in [6, 6.07) is 1.55. The third-order valence-electron chi connectivity index (χ3n) is 2.44. The number of carboxylic acid groups (broad SMARTS) is 1. The highest BCUT2D eigenvalue weighted by Crippen LogP contribution is 2.38. The smallest absolute Gasteiger partial charge is 0.354 e. The van der Waals surface area contributed by atoms with Crippen LogP contribution >= 0.6 is 0 Å². The zero-order chi connectivity index (χ0) is 11.7. The molecule has 1 aromatic rings. The molecule has 16 heavy (non-hydrogen) atoms. The van der Waals surface area contributed by atoms with E-state index in [1.807, 2.05) is 19.0 Å². The molecule has 1 fully saturated rings. The summed E-state index contributed by atoms with van der Waals surface area (Å²) in [5, 5.41) is 8.97. The van der Waals surface area contributed by atoms with Gasteiger partial charge in [-0.05, 0) is 33.0 Å². The standard InChI is InChI=1S/C11H15N3O2/c1-14(2)6-8-5-9(11(15)16)13-10(12-8)7-3-4-7/h5,7H,3-4,6H2,1-2H3,(H,15,16). The normalized spacial score (nSPS) is 15.4. The second-order valence-electron chi connectivity index (χ2n) is 4.42. The predicted octanol–water partition coefficient (Wildman–Crippen LogP) is 1.11. The van der Waals surface area contributed by atoms with Crippen molar-refractivity contribution in [2.45, 2.75) is 25.3 Å². The Morgan fingerprint density at radius 3 is 2.69 bits per heavy atom. The minimum atomic E-state index is -0.982. The highest BCUT2D eigenvalue weighted by molar-refractivity contribution is 5.85. The van der Waals surface area contributed by atoms with Gasteiger partial charge in [-0.3, -0.25) is 0 Å². The van der Waals surface area contributed by atoms with Gasteiger partial charge in [-0.25, -0.2) is 14.8 Å². The molecular formula is C11H15N3O2. The van der Waals surface area contributed by atoms with Gasteiger partial charge in [0.05, 0.1) is 5.69 Å². The molecule has 0 unspecified atom stereocenters. The van der Waals surface area contributed by atoms with Crippen molar-refractivity contribution in [3.63, 3.8) is 0 Å². The molecule has 5 nitrogen and oxygen atoms in total. The highest BCUT2D eigenvalue weighted by Gasteiger charge is 2.28. The molecule has 1 heterocycles. The first-order valence-electron chi connectivity index (χ1n) is 5.32. The topological polar surface area (TPSA) is 66.3 Å². The van der Waals surface area contributed by atoms with Crippen LogP contribution in [0, 0.1) is 0 Å². The molecule has 1 N–H and O–H groups in total. The molecule has 1 aliphatic carbocycles. The van der Waals surface area contributed by atoms with E-state index in [1.54, 1.807) is 6.07 Å². The molecule has 0 radical (unpaired) electrons. The Balaban J connectivity index is 2.32. The maximum absolute atomic E-state index is 10.9. The van der Waals surface area contributed by atoms with E-state index >= 15 is 0 Å². The lowest BCUT2D eigenvalue weighted by Gasteiger charge is -2.10. The Kier molecular flexibility index (Phi) is 2.87. The van der Waals surface area contributed by atoms with Gasteiger partial charge in [0.15, 0.2) is 5.69 Å². The summed E-state index contributed by atoms with van der Waals surface area (Å²) >= 11 is 0. The summed E-state index contributed by atoms with van der Waals surface area (Å²) < 4.78 is 0. The lowest BCUT2D eigenvalue weighted by molar-refractivity contribution is 0.0689. The largest absolute Gasteiger partial charge is 0.477 e. The van der Waals surface area contributed by atoms with Crippen LogP contribution in [0.25, 0.3) is 0 Å². The molecule has 0 saturated heterocycles. The number of hydrogen-bond acceptors (Lipinski definition) is 4. The molecule has 1 aromatic heterocycles. The van der Waals surface area contributed by atoms with Gasteiger partial charge in [0.25, 0.3) is 0 Å². The fourth-order valence-electron chi connectivity index (χ4n) is 1.56. The first kappa shape index (κ1) is 11.0. The Morgan fingerprint density at radius 2 is 2.19 bits per heavy atom. The summed E-state index contributed by atoms with van der Waals surface area (Å²) in [6.07, 6.45) is 2.15. The van der Waals surface area contributed by atoms with E-state index < -0.39 is 5.97 Å². The van der Waals surface area contributed by atoms with Gasteiger partial charge in [-0.15, -0.1) is 0 Å². The average Bonchev–Trinajstić information content (AvgIpc) is 2.98. The molecule has 1 aliphatic rings. The third-order valence-corrected chi connectivity index (χ3v) is 2.44. The van der Waals surface area contributed by atoms with E-state index in [0.29, 0.717) is 18.3 Å². The zero-order valence-electron chi connectivity index (χ0n) is 9.47. The Morgan fingerprint density at radius 1 is 1.50 bits per heavy atom. The molecule has 86 valence electrons. The highest BCUT2D eigenvalue weighted by atomic mass is 16.4. The van der Waals surface area contributed by atoms with Crippen molar-refractivity contribution < 1.29 is 9.90 Å². The van der Waals surface area contributed by atoms with E-state index in [1.165, 1.54) is 0 Å². The predicted molar refractivity (Wildman–Crippen MR) is 58.4 cm³/mol.